The van der Waals surface area contributed by atoms with E-state index in [2.05, 4.69) is 23.7 Å². The van der Waals surface area contributed by atoms with Crippen LogP contribution < -0.4 is 0 Å². The lowest BCUT2D eigenvalue weighted by molar-refractivity contribution is 1.52. The van der Waals surface area contributed by atoms with Crippen LogP contribution in [0.3, 0.4) is 0 Å². The van der Waals surface area contributed by atoms with Crippen LogP contribution in [0.2, 0.25) is 0 Å². The van der Waals surface area contributed by atoms with Crippen molar-refractivity contribution in [2.24, 2.45) is 0 Å². The lowest BCUT2D eigenvalue weighted by atomic mass is 9.93. The fourth-order valence-electron chi connectivity index (χ4n) is 2.03. The smallest absolute Gasteiger partial charge is 0.0477 e. The number of hydrogen-bond acceptors (Lipinski definition) is 0. The lowest BCUT2D eigenvalue weighted by Crippen LogP contribution is -1.91. The van der Waals surface area contributed by atoms with Crippen LogP contribution in [0.25, 0.3) is 11.1 Å². The van der Waals surface area contributed by atoms with E-state index in [1.54, 1.807) is 0 Å². The SMILES string of the molecule is C#Cc1ccc(-c2cccc(C#C)c2C#C)cc1C#C. The van der Waals surface area contributed by atoms with E-state index in [0.717, 1.165) is 11.1 Å². The van der Waals surface area contributed by atoms with Gasteiger partial charge in [-0.2, -0.15) is 0 Å². The maximum absolute atomic E-state index is 5.57. The van der Waals surface area contributed by atoms with Gasteiger partial charge in [-0.1, -0.05) is 41.9 Å². The summed E-state index contributed by atoms with van der Waals surface area (Å²) in [5.74, 6) is 10.4. The third-order valence-corrected chi connectivity index (χ3v) is 3.01. The van der Waals surface area contributed by atoms with Crippen molar-refractivity contribution in [2.75, 3.05) is 0 Å². The predicted octanol–water partition coefficient (Wildman–Crippen LogP) is 3.28. The highest BCUT2D eigenvalue weighted by atomic mass is 14.1. The Kier molecular flexibility index (Phi) is 3.64. The zero-order valence-electron chi connectivity index (χ0n) is 10.8. The third-order valence-electron chi connectivity index (χ3n) is 3.01. The summed E-state index contributed by atoms with van der Waals surface area (Å²) in [4.78, 5) is 0. The molecule has 90 valence electrons. The van der Waals surface area contributed by atoms with Crippen molar-refractivity contribution in [2.45, 2.75) is 0 Å². The highest BCUT2D eigenvalue weighted by Gasteiger charge is 2.08. The largest absolute Gasteiger partial charge is 0.115 e. The van der Waals surface area contributed by atoms with Crippen molar-refractivity contribution >= 4 is 0 Å². The molecule has 0 heteroatoms. The highest BCUT2D eigenvalue weighted by Crippen LogP contribution is 2.27. The minimum atomic E-state index is 0.666. The molecule has 0 nitrogen and oxygen atoms in total. The van der Waals surface area contributed by atoms with E-state index in [4.69, 9.17) is 25.7 Å². The van der Waals surface area contributed by atoms with Crippen molar-refractivity contribution in [1.82, 2.24) is 0 Å². The molecule has 0 saturated heterocycles. The Morgan fingerprint density at radius 3 is 1.95 bits per heavy atom. The first-order valence-electron chi connectivity index (χ1n) is 5.89. The summed E-state index contributed by atoms with van der Waals surface area (Å²) in [5.41, 5.74) is 4.51. The molecule has 0 N–H and O–H groups in total. The monoisotopic (exact) mass is 250 g/mol. The Hall–Kier alpha value is -3.32. The first kappa shape index (κ1) is 13.1. The summed E-state index contributed by atoms with van der Waals surface area (Å²) in [7, 11) is 0. The van der Waals surface area contributed by atoms with Gasteiger partial charge in [0.05, 0.1) is 0 Å². The first-order chi connectivity index (χ1) is 9.74. The summed E-state index contributed by atoms with van der Waals surface area (Å²) in [6, 6.07) is 11.2. The van der Waals surface area contributed by atoms with Crippen LogP contribution in [-0.4, -0.2) is 0 Å². The van der Waals surface area contributed by atoms with E-state index in [-0.39, 0.29) is 0 Å². The Morgan fingerprint density at radius 2 is 1.35 bits per heavy atom. The molecular formula is C20H10. The minimum absolute atomic E-state index is 0.666. The summed E-state index contributed by atoms with van der Waals surface area (Å²) >= 11 is 0. The third kappa shape index (κ3) is 2.16. The Balaban J connectivity index is 2.72. The topological polar surface area (TPSA) is 0 Å². The molecule has 0 aliphatic carbocycles. The van der Waals surface area contributed by atoms with Gasteiger partial charge in [0.25, 0.3) is 0 Å². The molecule has 0 unspecified atom stereocenters. The maximum Gasteiger partial charge on any atom is 0.0477 e. The van der Waals surface area contributed by atoms with Crippen LogP contribution in [0.4, 0.5) is 0 Å². The second-order valence-electron chi connectivity index (χ2n) is 4.07. The minimum Gasteiger partial charge on any atom is -0.115 e. The number of terminal acetylenes is 4. The van der Waals surface area contributed by atoms with Gasteiger partial charge in [-0.25, -0.2) is 0 Å². The molecule has 20 heavy (non-hydrogen) atoms. The average molecular weight is 250 g/mol. The van der Waals surface area contributed by atoms with E-state index in [1.807, 2.05) is 36.4 Å². The van der Waals surface area contributed by atoms with Crippen molar-refractivity contribution in [3.8, 4) is 60.5 Å². The fraction of sp³-hybridized carbons (Fsp3) is 0. The van der Waals surface area contributed by atoms with E-state index in [0.29, 0.717) is 22.3 Å². The zero-order valence-corrected chi connectivity index (χ0v) is 10.8. The molecule has 2 rings (SSSR count). The van der Waals surface area contributed by atoms with Gasteiger partial charge in [-0.15, -0.1) is 25.7 Å². The summed E-state index contributed by atoms with van der Waals surface area (Å²) < 4.78 is 0. The number of rotatable bonds is 1. The highest BCUT2D eigenvalue weighted by molar-refractivity contribution is 5.76. The fourth-order valence-corrected chi connectivity index (χ4v) is 2.03. The summed E-state index contributed by atoms with van der Waals surface area (Å²) in [6.45, 7) is 0. The second-order valence-corrected chi connectivity index (χ2v) is 4.07. The molecule has 2 aromatic rings. The zero-order chi connectivity index (χ0) is 14.5. The molecule has 0 spiro atoms. The Labute approximate surface area is 119 Å². The van der Waals surface area contributed by atoms with Crippen LogP contribution in [-0.2, 0) is 0 Å². The molecular weight excluding hydrogens is 240 g/mol. The van der Waals surface area contributed by atoms with Crippen LogP contribution >= 0.6 is 0 Å². The molecule has 0 aliphatic heterocycles. The van der Waals surface area contributed by atoms with Gasteiger partial charge in [-0.3, -0.25) is 0 Å². The van der Waals surface area contributed by atoms with Gasteiger partial charge in [0.2, 0.25) is 0 Å². The first-order valence-corrected chi connectivity index (χ1v) is 5.89. The molecule has 0 fully saturated rings. The molecule has 0 heterocycles. The van der Waals surface area contributed by atoms with Crippen LogP contribution in [0.1, 0.15) is 22.3 Å². The van der Waals surface area contributed by atoms with Crippen molar-refractivity contribution < 1.29 is 0 Å². The van der Waals surface area contributed by atoms with Gasteiger partial charge >= 0.3 is 0 Å². The van der Waals surface area contributed by atoms with E-state index in [1.165, 1.54) is 0 Å². The standard InChI is InChI=1S/C20H10/c1-5-15-12-13-18(14-17(15)7-3)20-11-9-10-16(6-2)19(20)8-4/h1-4,9-14H. The molecule has 2 aromatic carbocycles. The lowest BCUT2D eigenvalue weighted by Gasteiger charge is -2.08. The van der Waals surface area contributed by atoms with Crippen molar-refractivity contribution in [3.63, 3.8) is 0 Å². The van der Waals surface area contributed by atoms with Crippen LogP contribution in [0.5, 0.6) is 0 Å². The molecule has 0 radical (unpaired) electrons. The van der Waals surface area contributed by atoms with E-state index in [9.17, 15) is 0 Å². The van der Waals surface area contributed by atoms with Crippen molar-refractivity contribution in [3.05, 3.63) is 58.7 Å². The predicted molar refractivity (Wildman–Crippen MR) is 83.6 cm³/mol. The molecule has 0 saturated carbocycles. The van der Waals surface area contributed by atoms with E-state index < -0.39 is 0 Å². The average Bonchev–Trinajstić information content (AvgIpc) is 2.53. The molecule has 0 aromatic heterocycles. The van der Waals surface area contributed by atoms with Gasteiger partial charge in [0.1, 0.15) is 0 Å². The van der Waals surface area contributed by atoms with Crippen LogP contribution in [0.15, 0.2) is 36.4 Å². The number of benzene rings is 2. The normalized spacial score (nSPS) is 8.80. The van der Waals surface area contributed by atoms with Gasteiger partial charge < -0.3 is 0 Å². The van der Waals surface area contributed by atoms with Crippen LogP contribution in [0, 0.1) is 49.4 Å². The molecule has 0 aliphatic rings. The van der Waals surface area contributed by atoms with Crippen molar-refractivity contribution in [1.29, 1.82) is 0 Å². The Bertz CT molecular complexity index is 838. The quantitative estimate of drug-likeness (QED) is 0.681. The summed E-state index contributed by atoms with van der Waals surface area (Å²) in [6.07, 6.45) is 21.9. The maximum atomic E-state index is 5.57. The molecule has 0 atom stereocenters. The number of hydrogen-bond donors (Lipinski definition) is 0. The van der Waals surface area contributed by atoms with Gasteiger partial charge in [-0.05, 0) is 29.3 Å². The Morgan fingerprint density at radius 1 is 0.650 bits per heavy atom. The van der Waals surface area contributed by atoms with E-state index >= 15 is 0 Å². The summed E-state index contributed by atoms with van der Waals surface area (Å²) in [5, 5.41) is 0. The second kappa shape index (κ2) is 5.55. The van der Waals surface area contributed by atoms with Gasteiger partial charge in [0.15, 0.2) is 0 Å². The molecule has 0 bridgehead atoms. The molecule has 0 amide bonds. The van der Waals surface area contributed by atoms with Gasteiger partial charge in [0, 0.05) is 22.3 Å².